The molecule has 5 aliphatic rings. The van der Waals surface area contributed by atoms with Gasteiger partial charge in [0.05, 0.1) is 32.0 Å². The minimum absolute atomic E-state index is 0.0126. The molecule has 0 aromatic heterocycles. The van der Waals surface area contributed by atoms with Gasteiger partial charge in [-0.05, 0) is 80.5 Å². The van der Waals surface area contributed by atoms with Crippen LogP contribution in [0.3, 0.4) is 0 Å². The molecule has 0 spiro atoms. The largest absolute Gasteiger partial charge is 0.389 e. The van der Waals surface area contributed by atoms with Gasteiger partial charge in [0.25, 0.3) is 0 Å². The van der Waals surface area contributed by atoms with E-state index in [0.29, 0.717) is 36.4 Å². The Hall–Kier alpha value is -0.490. The van der Waals surface area contributed by atoms with Crippen LogP contribution in [0.15, 0.2) is 0 Å². The number of β-amino-alcohol motifs (C(OH)–C–C–N with tert-alkyl or cyclic N) is 1. The van der Waals surface area contributed by atoms with Crippen molar-refractivity contribution in [2.45, 2.75) is 83.8 Å². The van der Waals surface area contributed by atoms with Gasteiger partial charge in [0.15, 0.2) is 0 Å². The molecule has 5 fully saturated rings. The van der Waals surface area contributed by atoms with Gasteiger partial charge in [0, 0.05) is 31.5 Å². The van der Waals surface area contributed by atoms with Crippen molar-refractivity contribution in [3.63, 3.8) is 0 Å². The summed E-state index contributed by atoms with van der Waals surface area (Å²) in [7, 11) is 0. The Labute approximate surface area is 188 Å². The van der Waals surface area contributed by atoms with E-state index in [0.717, 1.165) is 76.2 Å². The van der Waals surface area contributed by atoms with Gasteiger partial charge in [0.2, 0.25) is 0 Å². The molecule has 0 unspecified atom stereocenters. The number of carbonyl (C=O) groups excluding carboxylic acids is 1. The number of hydrogen-bond donors (Lipinski definition) is 1. The van der Waals surface area contributed by atoms with Crippen LogP contribution in [-0.2, 0) is 14.3 Å². The van der Waals surface area contributed by atoms with E-state index < -0.39 is 6.10 Å². The third-order valence-corrected chi connectivity index (χ3v) is 10.4. The fourth-order valence-electron chi connectivity index (χ4n) is 8.52. The van der Waals surface area contributed by atoms with Crippen LogP contribution in [0.25, 0.3) is 0 Å². The number of carbonyl (C=O) groups is 1. The summed E-state index contributed by atoms with van der Waals surface area (Å²) in [5.41, 5.74) is 0.406. The van der Waals surface area contributed by atoms with Gasteiger partial charge in [-0.1, -0.05) is 13.8 Å². The normalized spacial score (nSPS) is 46.8. The average Bonchev–Trinajstić information content (AvgIpc) is 3.07. The molecule has 176 valence electrons. The molecule has 4 saturated carbocycles. The number of hydrogen-bond acceptors (Lipinski definition) is 5. The number of fused-ring (bicyclic) bond motifs is 5. The van der Waals surface area contributed by atoms with E-state index in [1.54, 1.807) is 0 Å². The molecule has 1 N–H and O–H groups in total. The molecule has 0 aromatic carbocycles. The summed E-state index contributed by atoms with van der Waals surface area (Å²) in [4.78, 5) is 14.9. The number of aliphatic hydroxyl groups is 1. The fourth-order valence-corrected chi connectivity index (χ4v) is 8.52. The monoisotopic (exact) mass is 433 g/mol. The van der Waals surface area contributed by atoms with Crippen molar-refractivity contribution in [3.8, 4) is 0 Å². The summed E-state index contributed by atoms with van der Waals surface area (Å²) < 4.78 is 11.7. The molecule has 4 aliphatic carbocycles. The van der Waals surface area contributed by atoms with Crippen LogP contribution in [0, 0.1) is 34.5 Å². The Bertz CT molecular complexity index is 664. The van der Waals surface area contributed by atoms with Gasteiger partial charge in [-0.25, -0.2) is 0 Å². The quantitative estimate of drug-likeness (QED) is 0.717. The molecular weight excluding hydrogens is 390 g/mol. The van der Waals surface area contributed by atoms with Gasteiger partial charge >= 0.3 is 0 Å². The Kier molecular flexibility index (Phi) is 6.26. The summed E-state index contributed by atoms with van der Waals surface area (Å²) in [6.45, 7) is 9.37. The summed E-state index contributed by atoms with van der Waals surface area (Å²) in [5.74, 6) is 3.49. The number of ketones is 1. The van der Waals surface area contributed by atoms with Gasteiger partial charge in [0.1, 0.15) is 5.78 Å². The molecule has 8 atom stereocenters. The van der Waals surface area contributed by atoms with Crippen molar-refractivity contribution in [3.05, 3.63) is 0 Å². The zero-order valence-electron chi connectivity index (χ0n) is 19.7. The van der Waals surface area contributed by atoms with Gasteiger partial charge in [-0.2, -0.15) is 0 Å². The number of Topliss-reactive ketones (excluding diaryl/α,β-unsaturated/α-hetero) is 1. The maximum Gasteiger partial charge on any atom is 0.139 e. The van der Waals surface area contributed by atoms with E-state index >= 15 is 0 Å². The number of rotatable bonds is 5. The van der Waals surface area contributed by atoms with Crippen LogP contribution >= 0.6 is 0 Å². The highest BCUT2D eigenvalue weighted by Gasteiger charge is 2.60. The Balaban J connectivity index is 1.15. The smallest absolute Gasteiger partial charge is 0.139 e. The maximum atomic E-state index is 12.6. The third kappa shape index (κ3) is 4.02. The van der Waals surface area contributed by atoms with Crippen molar-refractivity contribution < 1.29 is 19.4 Å². The van der Waals surface area contributed by atoms with Crippen molar-refractivity contribution in [1.82, 2.24) is 4.90 Å². The first-order chi connectivity index (χ1) is 14.9. The van der Waals surface area contributed by atoms with Crippen LogP contribution in [0.4, 0.5) is 0 Å². The number of ether oxygens (including phenoxy) is 2. The topological polar surface area (TPSA) is 59.0 Å². The van der Waals surface area contributed by atoms with Crippen molar-refractivity contribution in [2.24, 2.45) is 34.5 Å². The van der Waals surface area contributed by atoms with Crippen LogP contribution in [0.5, 0.6) is 0 Å². The highest BCUT2D eigenvalue weighted by atomic mass is 16.5. The zero-order valence-corrected chi connectivity index (χ0v) is 19.7. The predicted octanol–water partition coefficient (Wildman–Crippen LogP) is 3.68. The summed E-state index contributed by atoms with van der Waals surface area (Å²) in [5, 5.41) is 10.5. The number of nitrogens with zero attached hydrogens (tertiary/aromatic N) is 1. The fraction of sp³-hybridized carbons (Fsp3) is 0.962. The van der Waals surface area contributed by atoms with Crippen LogP contribution in [0.2, 0.25) is 0 Å². The summed E-state index contributed by atoms with van der Waals surface area (Å²) in [6.07, 6.45) is 10.4. The Morgan fingerprint density at radius 1 is 1.10 bits per heavy atom. The van der Waals surface area contributed by atoms with Crippen LogP contribution < -0.4 is 0 Å². The highest BCUT2D eigenvalue weighted by Crippen LogP contribution is 2.65. The first kappa shape index (κ1) is 22.3. The van der Waals surface area contributed by atoms with E-state index in [9.17, 15) is 9.90 Å². The summed E-state index contributed by atoms with van der Waals surface area (Å²) in [6, 6.07) is 0. The maximum absolute atomic E-state index is 12.6. The predicted molar refractivity (Wildman–Crippen MR) is 120 cm³/mol. The summed E-state index contributed by atoms with van der Waals surface area (Å²) >= 11 is 0. The van der Waals surface area contributed by atoms with Crippen molar-refractivity contribution in [1.29, 1.82) is 0 Å². The molecule has 0 bridgehead atoms. The second kappa shape index (κ2) is 8.70. The third-order valence-electron chi connectivity index (χ3n) is 10.4. The van der Waals surface area contributed by atoms with E-state index in [1.807, 2.05) is 0 Å². The van der Waals surface area contributed by atoms with E-state index in [1.165, 1.54) is 25.7 Å². The lowest BCUT2D eigenvalue weighted by Crippen LogP contribution is -2.54. The SMILES string of the molecule is C[C@]12CC[C@H](OC[C@H](O)CN3CCOCC3)C[C@@H]1CC[C@@H]1[C@@H]2CC[C@]2(C)C(=O)CC[C@@H]12. The van der Waals surface area contributed by atoms with Crippen molar-refractivity contribution >= 4 is 5.78 Å². The molecule has 5 nitrogen and oxygen atoms in total. The molecule has 5 rings (SSSR count). The molecule has 1 heterocycles. The minimum Gasteiger partial charge on any atom is -0.389 e. The lowest BCUT2D eigenvalue weighted by molar-refractivity contribution is -0.147. The van der Waals surface area contributed by atoms with Gasteiger partial charge < -0.3 is 14.6 Å². The first-order valence-electron chi connectivity index (χ1n) is 13.0. The number of morpholine rings is 1. The minimum atomic E-state index is -0.405. The molecule has 1 aliphatic heterocycles. The van der Waals surface area contributed by atoms with Crippen LogP contribution in [0.1, 0.15) is 71.6 Å². The molecule has 1 saturated heterocycles. The average molecular weight is 434 g/mol. The number of aliphatic hydroxyl groups excluding tert-OH is 1. The van der Waals surface area contributed by atoms with Crippen molar-refractivity contribution in [2.75, 3.05) is 39.5 Å². The molecular formula is C26H43NO4. The Morgan fingerprint density at radius 2 is 1.90 bits per heavy atom. The van der Waals surface area contributed by atoms with Crippen LogP contribution in [-0.4, -0.2) is 67.5 Å². The Morgan fingerprint density at radius 3 is 2.71 bits per heavy atom. The standard InChI is InChI=1S/C26H43NO4/c1-25-9-7-20(31-17-19(28)16-27-11-13-30-14-12-27)15-18(25)3-4-21-22-5-6-24(29)26(22,2)10-8-23(21)25/h18-23,28H,3-17H2,1-2H3/t18-,19+,20-,21-,22-,23-,25-,26-/m0/s1. The molecule has 5 heteroatoms. The zero-order chi connectivity index (χ0) is 21.6. The molecule has 0 radical (unpaired) electrons. The van der Waals surface area contributed by atoms with Gasteiger partial charge in [-0.3, -0.25) is 9.69 Å². The lowest BCUT2D eigenvalue weighted by atomic mass is 9.45. The second-order valence-corrected chi connectivity index (χ2v) is 11.9. The van der Waals surface area contributed by atoms with E-state index in [-0.39, 0.29) is 5.41 Å². The molecule has 31 heavy (non-hydrogen) atoms. The lowest BCUT2D eigenvalue weighted by Gasteiger charge is -2.60. The van der Waals surface area contributed by atoms with E-state index in [2.05, 4.69) is 18.7 Å². The molecule has 0 amide bonds. The second-order valence-electron chi connectivity index (χ2n) is 11.9. The first-order valence-corrected chi connectivity index (χ1v) is 13.0. The van der Waals surface area contributed by atoms with Gasteiger partial charge in [-0.15, -0.1) is 0 Å². The molecule has 0 aromatic rings. The highest BCUT2D eigenvalue weighted by molar-refractivity contribution is 5.87. The van der Waals surface area contributed by atoms with E-state index in [4.69, 9.17) is 9.47 Å².